The van der Waals surface area contributed by atoms with Crippen LogP contribution in [0.3, 0.4) is 0 Å². The highest BCUT2D eigenvalue weighted by atomic mass is 35.5. The predicted molar refractivity (Wildman–Crippen MR) is 97.9 cm³/mol. The van der Waals surface area contributed by atoms with E-state index in [0.29, 0.717) is 10.7 Å². The lowest BCUT2D eigenvalue weighted by molar-refractivity contribution is -0.153. The first kappa shape index (κ1) is 22.0. The average Bonchev–Trinajstić information content (AvgIpc) is 2.60. The van der Waals surface area contributed by atoms with Crippen LogP contribution < -0.4 is 14.8 Å². The Hall–Kier alpha value is -2.30. The number of halogens is 4. The second-order valence-electron chi connectivity index (χ2n) is 5.58. The molecule has 0 fully saturated rings. The molecule has 0 aliphatic rings. The van der Waals surface area contributed by atoms with Crippen molar-refractivity contribution >= 4 is 33.2 Å². The lowest BCUT2D eigenvalue weighted by atomic mass is 10.3. The number of nitrogens with one attached hydrogen (secondary N) is 2. The molecular weight excluding hydrogens is 421 g/mol. The summed E-state index contributed by atoms with van der Waals surface area (Å²) in [7, 11) is -3.77. The molecule has 0 unspecified atom stereocenters. The van der Waals surface area contributed by atoms with Gasteiger partial charge in [-0.2, -0.15) is 13.2 Å². The van der Waals surface area contributed by atoms with Gasteiger partial charge in [-0.3, -0.25) is 4.79 Å². The maximum atomic E-state index is 12.1. The summed E-state index contributed by atoms with van der Waals surface area (Å²) in [6, 6.07) is 10.9. The average molecular weight is 437 g/mol. The molecule has 2 rings (SSSR count). The highest BCUT2D eigenvalue weighted by Gasteiger charge is 2.28. The monoisotopic (exact) mass is 436 g/mol. The fraction of sp³-hybridized carbons (Fsp3) is 0.235. The third-order valence-electron chi connectivity index (χ3n) is 3.31. The molecule has 0 aromatic heterocycles. The number of benzene rings is 2. The first-order valence-electron chi connectivity index (χ1n) is 7.90. The molecule has 0 aliphatic heterocycles. The fourth-order valence-corrected chi connectivity index (χ4v) is 3.18. The van der Waals surface area contributed by atoms with Crippen LogP contribution in [0, 0.1) is 0 Å². The van der Waals surface area contributed by atoms with Crippen LogP contribution in [0.4, 0.5) is 18.9 Å². The number of ether oxygens (including phenoxy) is 1. The summed E-state index contributed by atoms with van der Waals surface area (Å²) in [6.07, 6.45) is -4.58. The number of sulfonamides is 1. The zero-order chi connectivity index (χ0) is 20.8. The molecule has 0 radical (unpaired) electrons. The molecule has 0 saturated carbocycles. The molecule has 2 N–H and O–H groups in total. The minimum absolute atomic E-state index is 0.00560. The fourth-order valence-electron chi connectivity index (χ4n) is 2.02. The van der Waals surface area contributed by atoms with E-state index in [2.05, 4.69) is 14.8 Å². The van der Waals surface area contributed by atoms with Crippen molar-refractivity contribution in [2.45, 2.75) is 17.5 Å². The van der Waals surface area contributed by atoms with E-state index in [-0.39, 0.29) is 23.6 Å². The molecule has 11 heteroatoms. The number of hydrogen-bond donors (Lipinski definition) is 2. The van der Waals surface area contributed by atoms with Crippen LogP contribution in [0.5, 0.6) is 5.75 Å². The summed E-state index contributed by atoms with van der Waals surface area (Å²) in [5.74, 6) is -0.464. The highest BCUT2D eigenvalue weighted by molar-refractivity contribution is 7.89. The number of amides is 1. The minimum atomic E-state index is -4.44. The third-order valence-corrected chi connectivity index (χ3v) is 5.04. The van der Waals surface area contributed by atoms with Gasteiger partial charge in [-0.05, 0) is 48.5 Å². The first-order chi connectivity index (χ1) is 13.0. The zero-order valence-corrected chi connectivity index (χ0v) is 15.9. The van der Waals surface area contributed by atoms with Crippen LogP contribution in [0.25, 0.3) is 0 Å². The molecule has 0 spiro atoms. The van der Waals surface area contributed by atoms with Crippen molar-refractivity contribution in [1.29, 1.82) is 0 Å². The van der Waals surface area contributed by atoms with Crippen molar-refractivity contribution in [1.82, 2.24) is 4.72 Å². The Balaban J connectivity index is 1.80. The molecule has 0 saturated heterocycles. The second kappa shape index (κ2) is 9.26. The normalized spacial score (nSPS) is 11.9. The molecule has 2 aromatic rings. The summed E-state index contributed by atoms with van der Waals surface area (Å²) in [5, 5.41) is 2.90. The van der Waals surface area contributed by atoms with Gasteiger partial charge in [-0.25, -0.2) is 13.1 Å². The number of alkyl halides is 3. The second-order valence-corrected chi connectivity index (χ2v) is 7.78. The van der Waals surface area contributed by atoms with Gasteiger partial charge in [0.25, 0.3) is 0 Å². The topological polar surface area (TPSA) is 84.5 Å². The van der Waals surface area contributed by atoms with Gasteiger partial charge in [0.15, 0.2) is 6.61 Å². The maximum absolute atomic E-state index is 12.1. The SMILES string of the molecule is O=C(CCNS(=O)(=O)c1ccc(Cl)cc1)Nc1ccc(OCC(F)(F)F)cc1. The molecule has 28 heavy (non-hydrogen) atoms. The molecule has 0 bridgehead atoms. The standard InChI is InChI=1S/C17H16ClF3N2O4S/c18-12-1-7-15(8-2-12)28(25,26)22-10-9-16(24)23-13-3-5-14(6-4-13)27-11-17(19,20)21/h1-8,22H,9-11H2,(H,23,24). The molecule has 1 amide bonds. The van der Waals surface area contributed by atoms with Crippen LogP contribution in [0.15, 0.2) is 53.4 Å². The third kappa shape index (κ3) is 7.37. The molecule has 0 aliphatic carbocycles. The van der Waals surface area contributed by atoms with E-state index in [0.717, 1.165) is 0 Å². The van der Waals surface area contributed by atoms with Gasteiger partial charge in [0, 0.05) is 23.7 Å². The molecule has 152 valence electrons. The van der Waals surface area contributed by atoms with Crippen molar-refractivity contribution in [3.8, 4) is 5.75 Å². The largest absolute Gasteiger partial charge is 0.484 e. The van der Waals surface area contributed by atoms with Crippen LogP contribution in [0.2, 0.25) is 5.02 Å². The smallest absolute Gasteiger partial charge is 0.422 e. The Bertz CT molecular complexity index is 901. The van der Waals surface area contributed by atoms with Crippen LogP contribution >= 0.6 is 11.6 Å². The van der Waals surface area contributed by atoms with Gasteiger partial charge in [-0.15, -0.1) is 0 Å². The number of rotatable bonds is 8. The summed E-state index contributed by atoms with van der Waals surface area (Å²) in [6.45, 7) is -1.55. The summed E-state index contributed by atoms with van der Waals surface area (Å²) in [4.78, 5) is 11.9. The Kier molecular flexibility index (Phi) is 7.28. The van der Waals surface area contributed by atoms with Gasteiger partial charge >= 0.3 is 6.18 Å². The quantitative estimate of drug-likeness (QED) is 0.662. The van der Waals surface area contributed by atoms with Crippen molar-refractivity contribution in [3.05, 3.63) is 53.6 Å². The van der Waals surface area contributed by atoms with E-state index in [1.807, 2.05) is 0 Å². The van der Waals surface area contributed by atoms with E-state index in [9.17, 15) is 26.4 Å². The Morgan fingerprint density at radius 3 is 2.21 bits per heavy atom. The lowest BCUT2D eigenvalue weighted by Crippen LogP contribution is -2.27. The van der Waals surface area contributed by atoms with Crippen molar-refractivity contribution in [2.75, 3.05) is 18.5 Å². The van der Waals surface area contributed by atoms with Crippen molar-refractivity contribution in [2.24, 2.45) is 0 Å². The summed E-state index contributed by atoms with van der Waals surface area (Å²) < 4.78 is 67.3. The van der Waals surface area contributed by atoms with E-state index >= 15 is 0 Å². The van der Waals surface area contributed by atoms with Crippen molar-refractivity contribution < 1.29 is 31.1 Å². The summed E-state index contributed by atoms with van der Waals surface area (Å²) in [5.41, 5.74) is 0.338. The summed E-state index contributed by atoms with van der Waals surface area (Å²) >= 11 is 5.71. The highest BCUT2D eigenvalue weighted by Crippen LogP contribution is 2.20. The van der Waals surface area contributed by atoms with Gasteiger partial charge in [0.2, 0.25) is 15.9 Å². The maximum Gasteiger partial charge on any atom is 0.422 e. The Morgan fingerprint density at radius 1 is 1.04 bits per heavy atom. The van der Waals surface area contributed by atoms with E-state index in [1.165, 1.54) is 48.5 Å². The lowest BCUT2D eigenvalue weighted by Gasteiger charge is -2.10. The number of anilines is 1. The van der Waals surface area contributed by atoms with Crippen LogP contribution in [-0.2, 0) is 14.8 Å². The van der Waals surface area contributed by atoms with Gasteiger partial charge < -0.3 is 10.1 Å². The van der Waals surface area contributed by atoms with Crippen LogP contribution in [0.1, 0.15) is 6.42 Å². The number of carbonyl (C=O) groups excluding carboxylic acids is 1. The van der Waals surface area contributed by atoms with Gasteiger partial charge in [-0.1, -0.05) is 11.6 Å². The predicted octanol–water partition coefficient (Wildman–Crippen LogP) is 3.59. The molecule has 0 heterocycles. The molecule has 6 nitrogen and oxygen atoms in total. The zero-order valence-electron chi connectivity index (χ0n) is 14.3. The Labute approximate surface area is 164 Å². The number of carbonyl (C=O) groups is 1. The van der Waals surface area contributed by atoms with Gasteiger partial charge in [0.1, 0.15) is 5.75 Å². The first-order valence-corrected chi connectivity index (χ1v) is 9.76. The van der Waals surface area contributed by atoms with E-state index in [4.69, 9.17) is 11.6 Å². The van der Waals surface area contributed by atoms with Crippen molar-refractivity contribution in [3.63, 3.8) is 0 Å². The minimum Gasteiger partial charge on any atom is -0.484 e. The number of hydrogen-bond acceptors (Lipinski definition) is 4. The molecule has 2 aromatic carbocycles. The van der Waals surface area contributed by atoms with E-state index < -0.39 is 28.7 Å². The Morgan fingerprint density at radius 2 is 1.64 bits per heavy atom. The molecular formula is C17H16ClF3N2O4S. The van der Waals surface area contributed by atoms with Gasteiger partial charge in [0.05, 0.1) is 4.90 Å². The van der Waals surface area contributed by atoms with Crippen LogP contribution in [-0.4, -0.2) is 33.7 Å². The molecule has 0 atom stereocenters. The van der Waals surface area contributed by atoms with E-state index in [1.54, 1.807) is 0 Å².